The molecule has 0 aliphatic carbocycles. The zero-order valence-corrected chi connectivity index (χ0v) is 14.3. The largest absolute Gasteiger partial charge is 0.372 e. The maximum atomic E-state index is 12.0. The third-order valence-electron chi connectivity index (χ3n) is 3.41. The van der Waals surface area contributed by atoms with Crippen LogP contribution in [0.15, 0.2) is 42.7 Å². The average molecular weight is 318 g/mol. The number of nitrogens with one attached hydrogen (secondary N) is 4. The second kappa shape index (κ2) is 11.4. The first-order chi connectivity index (χ1) is 11.2. The van der Waals surface area contributed by atoms with Crippen molar-refractivity contribution in [3.05, 3.63) is 48.3 Å². The third kappa shape index (κ3) is 8.14. The molecular formula is C18H30N4O. The zero-order valence-electron chi connectivity index (χ0n) is 14.3. The lowest BCUT2D eigenvalue weighted by molar-refractivity contribution is 0.235. The first kappa shape index (κ1) is 18.9. The van der Waals surface area contributed by atoms with Gasteiger partial charge in [-0.2, -0.15) is 0 Å². The number of benzene rings is 1. The van der Waals surface area contributed by atoms with E-state index in [1.54, 1.807) is 0 Å². The van der Waals surface area contributed by atoms with Gasteiger partial charge >= 0.3 is 6.03 Å². The van der Waals surface area contributed by atoms with Gasteiger partial charge in [-0.3, -0.25) is 0 Å². The summed E-state index contributed by atoms with van der Waals surface area (Å²) in [6.07, 6.45) is 3.92. The second-order valence-corrected chi connectivity index (χ2v) is 5.50. The standard InChI is InChI=1S/C18H30N4O/c1-4-6-13-19-15(3)21-17(16-11-9-8-10-12-16)22-18(23)20-14-7-5-2/h8-12,17,19,21H,3-7,13-14H2,1-2H3,(H2,20,22,23). The molecule has 4 N–H and O–H groups in total. The molecule has 1 rings (SSSR count). The molecule has 0 aromatic heterocycles. The zero-order chi connectivity index (χ0) is 16.9. The summed E-state index contributed by atoms with van der Waals surface area (Å²) in [5.74, 6) is 0.709. The highest BCUT2D eigenvalue weighted by atomic mass is 16.2. The van der Waals surface area contributed by atoms with E-state index in [4.69, 9.17) is 0 Å². The minimum absolute atomic E-state index is 0.179. The number of hydrogen-bond acceptors (Lipinski definition) is 3. The van der Waals surface area contributed by atoms with Gasteiger partial charge in [-0.1, -0.05) is 63.6 Å². The van der Waals surface area contributed by atoms with Gasteiger partial charge in [-0.25, -0.2) is 4.79 Å². The predicted octanol–water partition coefficient (Wildman–Crippen LogP) is 3.24. The van der Waals surface area contributed by atoms with Crippen LogP contribution in [0.1, 0.15) is 51.3 Å². The molecule has 0 heterocycles. The quantitative estimate of drug-likeness (QED) is 0.374. The molecule has 0 aliphatic heterocycles. The van der Waals surface area contributed by atoms with E-state index in [1.807, 2.05) is 30.3 Å². The van der Waals surface area contributed by atoms with Crippen LogP contribution in [0.3, 0.4) is 0 Å². The highest BCUT2D eigenvalue weighted by molar-refractivity contribution is 5.74. The molecule has 0 aliphatic rings. The Balaban J connectivity index is 2.59. The van der Waals surface area contributed by atoms with Crippen LogP contribution in [0, 0.1) is 0 Å². The van der Waals surface area contributed by atoms with Gasteiger partial charge in [0.1, 0.15) is 6.17 Å². The second-order valence-electron chi connectivity index (χ2n) is 5.50. The molecule has 5 nitrogen and oxygen atoms in total. The maximum absolute atomic E-state index is 12.0. The van der Waals surface area contributed by atoms with Gasteiger partial charge in [0.2, 0.25) is 0 Å². The molecule has 2 amide bonds. The van der Waals surface area contributed by atoms with Gasteiger partial charge in [0.15, 0.2) is 0 Å². The Kier molecular flexibility index (Phi) is 9.36. The summed E-state index contributed by atoms with van der Waals surface area (Å²) in [5, 5.41) is 12.3. The lowest BCUT2D eigenvalue weighted by atomic mass is 10.1. The summed E-state index contributed by atoms with van der Waals surface area (Å²) < 4.78 is 0. The van der Waals surface area contributed by atoms with Gasteiger partial charge in [0.05, 0.1) is 5.82 Å². The Bertz CT molecular complexity index is 437. The number of carbonyl (C=O) groups excluding carboxylic acids is 1. The summed E-state index contributed by atoms with van der Waals surface area (Å²) in [7, 11) is 0. The topological polar surface area (TPSA) is 65.2 Å². The van der Waals surface area contributed by atoms with Crippen LogP contribution < -0.4 is 21.3 Å². The summed E-state index contributed by atoms with van der Waals surface area (Å²) in [6.45, 7) is 9.77. The van der Waals surface area contributed by atoms with Crippen molar-refractivity contribution in [2.45, 2.75) is 45.7 Å². The van der Waals surface area contributed by atoms with E-state index in [0.717, 1.165) is 37.8 Å². The van der Waals surface area contributed by atoms with Gasteiger partial charge < -0.3 is 21.3 Å². The van der Waals surface area contributed by atoms with Crippen molar-refractivity contribution < 1.29 is 4.79 Å². The maximum Gasteiger partial charge on any atom is 0.316 e. The van der Waals surface area contributed by atoms with Crippen LogP contribution >= 0.6 is 0 Å². The highest BCUT2D eigenvalue weighted by Crippen LogP contribution is 2.10. The Morgan fingerprint density at radius 3 is 2.22 bits per heavy atom. The van der Waals surface area contributed by atoms with E-state index in [-0.39, 0.29) is 12.2 Å². The van der Waals surface area contributed by atoms with Crippen molar-refractivity contribution in [3.8, 4) is 0 Å². The Hall–Kier alpha value is -2.17. The summed E-state index contributed by atoms with van der Waals surface area (Å²) in [5.41, 5.74) is 0.983. The molecule has 0 bridgehead atoms. The molecule has 0 spiro atoms. The SMILES string of the molecule is C=C(NCCCC)NC(NC(=O)NCCCC)c1ccccc1. The first-order valence-corrected chi connectivity index (χ1v) is 8.46. The monoisotopic (exact) mass is 318 g/mol. The van der Waals surface area contributed by atoms with Crippen LogP contribution in [0.25, 0.3) is 0 Å². The van der Waals surface area contributed by atoms with Crippen molar-refractivity contribution in [1.29, 1.82) is 0 Å². The van der Waals surface area contributed by atoms with Gasteiger partial charge in [0, 0.05) is 13.1 Å². The fourth-order valence-corrected chi connectivity index (χ4v) is 2.05. The van der Waals surface area contributed by atoms with Gasteiger partial charge in [0.25, 0.3) is 0 Å². The molecule has 23 heavy (non-hydrogen) atoms. The third-order valence-corrected chi connectivity index (χ3v) is 3.41. The van der Waals surface area contributed by atoms with Crippen LogP contribution in [0.2, 0.25) is 0 Å². The first-order valence-electron chi connectivity index (χ1n) is 8.46. The van der Waals surface area contributed by atoms with E-state index >= 15 is 0 Å². The van der Waals surface area contributed by atoms with E-state index in [0.29, 0.717) is 12.4 Å². The van der Waals surface area contributed by atoms with Gasteiger partial charge in [-0.15, -0.1) is 0 Å². The molecule has 5 heteroatoms. The molecular weight excluding hydrogens is 288 g/mol. The molecule has 1 aromatic rings. The number of urea groups is 1. The molecule has 0 radical (unpaired) electrons. The fourth-order valence-electron chi connectivity index (χ4n) is 2.05. The van der Waals surface area contributed by atoms with Crippen LogP contribution in [-0.4, -0.2) is 19.1 Å². The summed E-state index contributed by atoms with van der Waals surface area (Å²) in [4.78, 5) is 12.0. The Morgan fingerprint density at radius 2 is 1.61 bits per heavy atom. The fraction of sp³-hybridized carbons (Fsp3) is 0.500. The summed E-state index contributed by atoms with van der Waals surface area (Å²) in [6, 6.07) is 9.63. The van der Waals surface area contributed by atoms with E-state index in [2.05, 4.69) is 41.7 Å². The normalized spacial score (nSPS) is 11.4. The Labute approximate surface area is 139 Å². The number of rotatable bonds is 11. The molecule has 1 atom stereocenters. The van der Waals surface area contributed by atoms with Crippen molar-refractivity contribution in [2.24, 2.45) is 0 Å². The van der Waals surface area contributed by atoms with Gasteiger partial charge in [-0.05, 0) is 18.4 Å². The smallest absolute Gasteiger partial charge is 0.316 e. The van der Waals surface area contributed by atoms with E-state index in [9.17, 15) is 4.79 Å². The van der Waals surface area contributed by atoms with Crippen LogP contribution in [0.4, 0.5) is 4.79 Å². The minimum Gasteiger partial charge on any atom is -0.372 e. The lowest BCUT2D eigenvalue weighted by Gasteiger charge is -2.23. The molecule has 0 fully saturated rings. The van der Waals surface area contributed by atoms with E-state index < -0.39 is 0 Å². The molecule has 0 saturated carbocycles. The van der Waals surface area contributed by atoms with Crippen molar-refractivity contribution in [3.63, 3.8) is 0 Å². The molecule has 0 saturated heterocycles. The molecule has 128 valence electrons. The van der Waals surface area contributed by atoms with Crippen LogP contribution in [0.5, 0.6) is 0 Å². The summed E-state index contributed by atoms with van der Waals surface area (Å²) >= 11 is 0. The van der Waals surface area contributed by atoms with Crippen molar-refractivity contribution in [1.82, 2.24) is 21.3 Å². The number of unbranched alkanes of at least 4 members (excludes halogenated alkanes) is 2. The van der Waals surface area contributed by atoms with Crippen molar-refractivity contribution >= 4 is 6.03 Å². The van der Waals surface area contributed by atoms with Crippen LogP contribution in [-0.2, 0) is 0 Å². The average Bonchev–Trinajstić information content (AvgIpc) is 2.55. The minimum atomic E-state index is -0.320. The molecule has 1 aromatic carbocycles. The lowest BCUT2D eigenvalue weighted by Crippen LogP contribution is -2.45. The highest BCUT2D eigenvalue weighted by Gasteiger charge is 2.14. The van der Waals surface area contributed by atoms with E-state index in [1.165, 1.54) is 0 Å². The number of hydrogen-bond donors (Lipinski definition) is 4. The molecule has 1 unspecified atom stereocenters. The van der Waals surface area contributed by atoms with Crippen molar-refractivity contribution in [2.75, 3.05) is 13.1 Å². The number of carbonyl (C=O) groups is 1. The number of amides is 2. The predicted molar refractivity (Wildman–Crippen MR) is 95.8 cm³/mol. The Morgan fingerprint density at radius 1 is 1.00 bits per heavy atom.